The largest absolute Gasteiger partial charge is 0.468 e. The minimum absolute atomic E-state index is 0.216. The van der Waals surface area contributed by atoms with Crippen molar-refractivity contribution in [2.75, 3.05) is 26.4 Å². The highest BCUT2D eigenvalue weighted by atomic mass is 16.5. The molecule has 1 aliphatic heterocycles. The molecule has 2 N–H and O–H groups in total. The normalized spacial score (nSPS) is 21.3. The molecular formula is C13H21NO4. The molecule has 5 nitrogen and oxygen atoms in total. The SMILES string of the molecule is OC(CNCc1ccco1)COCC1CCCO1. The van der Waals surface area contributed by atoms with Gasteiger partial charge in [-0.25, -0.2) is 0 Å². The molecule has 0 radical (unpaired) electrons. The van der Waals surface area contributed by atoms with Crippen LogP contribution in [0.1, 0.15) is 18.6 Å². The fourth-order valence-corrected chi connectivity index (χ4v) is 1.95. The lowest BCUT2D eigenvalue weighted by atomic mass is 10.2. The molecule has 2 rings (SSSR count). The topological polar surface area (TPSA) is 63.9 Å². The van der Waals surface area contributed by atoms with Crippen LogP contribution in [0.25, 0.3) is 0 Å². The number of hydrogen-bond donors (Lipinski definition) is 2. The minimum Gasteiger partial charge on any atom is -0.468 e. The maximum atomic E-state index is 9.69. The van der Waals surface area contributed by atoms with Crippen molar-refractivity contribution in [3.05, 3.63) is 24.2 Å². The second-order valence-corrected chi connectivity index (χ2v) is 4.54. The fraction of sp³-hybridized carbons (Fsp3) is 0.692. The minimum atomic E-state index is -0.499. The first kappa shape index (κ1) is 13.5. The zero-order valence-corrected chi connectivity index (χ0v) is 10.5. The third kappa shape index (κ3) is 4.78. The number of hydrogen-bond acceptors (Lipinski definition) is 5. The summed E-state index contributed by atoms with van der Waals surface area (Å²) in [5, 5.41) is 12.8. The second-order valence-electron chi connectivity index (χ2n) is 4.54. The van der Waals surface area contributed by atoms with Crippen molar-refractivity contribution in [2.24, 2.45) is 0 Å². The van der Waals surface area contributed by atoms with Gasteiger partial charge in [0.2, 0.25) is 0 Å². The lowest BCUT2D eigenvalue weighted by Gasteiger charge is -2.14. The van der Waals surface area contributed by atoms with E-state index >= 15 is 0 Å². The van der Waals surface area contributed by atoms with E-state index in [0.29, 0.717) is 26.3 Å². The summed E-state index contributed by atoms with van der Waals surface area (Å²) in [4.78, 5) is 0. The first-order valence-corrected chi connectivity index (χ1v) is 6.45. The lowest BCUT2D eigenvalue weighted by molar-refractivity contribution is -0.0165. The molecule has 2 atom stereocenters. The molecule has 0 saturated carbocycles. The molecule has 0 aromatic carbocycles. The van der Waals surface area contributed by atoms with E-state index in [4.69, 9.17) is 13.9 Å². The highest BCUT2D eigenvalue weighted by Crippen LogP contribution is 2.11. The Bertz CT molecular complexity index is 309. The van der Waals surface area contributed by atoms with Crippen LogP contribution < -0.4 is 5.32 Å². The highest BCUT2D eigenvalue weighted by Gasteiger charge is 2.16. The third-order valence-electron chi connectivity index (χ3n) is 2.90. The first-order valence-electron chi connectivity index (χ1n) is 6.45. The van der Waals surface area contributed by atoms with Crippen molar-refractivity contribution >= 4 is 0 Å². The predicted octanol–water partition coefficient (Wildman–Crippen LogP) is 0.926. The second kappa shape index (κ2) is 7.53. The number of aliphatic hydroxyl groups excluding tert-OH is 1. The Morgan fingerprint density at radius 2 is 2.50 bits per heavy atom. The summed E-state index contributed by atoms with van der Waals surface area (Å²) in [5.74, 6) is 0.863. The molecule has 1 fully saturated rings. The monoisotopic (exact) mass is 255 g/mol. The van der Waals surface area contributed by atoms with Crippen molar-refractivity contribution in [1.82, 2.24) is 5.32 Å². The number of nitrogens with one attached hydrogen (secondary N) is 1. The molecule has 0 amide bonds. The molecule has 18 heavy (non-hydrogen) atoms. The first-order chi connectivity index (χ1) is 8.84. The molecule has 2 unspecified atom stereocenters. The molecular weight excluding hydrogens is 234 g/mol. The average molecular weight is 255 g/mol. The molecule has 1 saturated heterocycles. The van der Waals surface area contributed by atoms with Crippen LogP contribution in [0.5, 0.6) is 0 Å². The Morgan fingerprint density at radius 3 is 3.22 bits per heavy atom. The summed E-state index contributed by atoms with van der Waals surface area (Å²) >= 11 is 0. The van der Waals surface area contributed by atoms with Gasteiger partial charge in [0.1, 0.15) is 5.76 Å². The summed E-state index contributed by atoms with van der Waals surface area (Å²) in [7, 11) is 0. The maximum absolute atomic E-state index is 9.69. The van der Waals surface area contributed by atoms with E-state index in [1.807, 2.05) is 12.1 Å². The molecule has 2 heterocycles. The maximum Gasteiger partial charge on any atom is 0.117 e. The van der Waals surface area contributed by atoms with E-state index in [1.165, 1.54) is 0 Å². The van der Waals surface area contributed by atoms with Gasteiger partial charge in [-0.2, -0.15) is 0 Å². The van der Waals surface area contributed by atoms with Crippen molar-refractivity contribution in [3.8, 4) is 0 Å². The van der Waals surface area contributed by atoms with Crippen LogP contribution in [-0.2, 0) is 16.0 Å². The molecule has 1 aliphatic rings. The smallest absolute Gasteiger partial charge is 0.117 e. The Kier molecular flexibility index (Phi) is 5.67. The van der Waals surface area contributed by atoms with Crippen LogP contribution in [0, 0.1) is 0 Å². The van der Waals surface area contributed by atoms with Gasteiger partial charge < -0.3 is 24.3 Å². The zero-order valence-electron chi connectivity index (χ0n) is 10.5. The lowest BCUT2D eigenvalue weighted by Crippen LogP contribution is -2.31. The van der Waals surface area contributed by atoms with Crippen LogP contribution in [0.3, 0.4) is 0 Å². The number of rotatable bonds is 8. The number of ether oxygens (including phenoxy) is 2. The number of furan rings is 1. The Morgan fingerprint density at radius 1 is 1.56 bits per heavy atom. The summed E-state index contributed by atoms with van der Waals surface area (Å²) in [6.07, 6.45) is 3.53. The molecule has 0 aliphatic carbocycles. The van der Waals surface area contributed by atoms with Crippen molar-refractivity contribution in [1.29, 1.82) is 0 Å². The number of aliphatic hydroxyl groups is 1. The molecule has 102 valence electrons. The Hall–Kier alpha value is -0.880. The van der Waals surface area contributed by atoms with Crippen molar-refractivity contribution in [3.63, 3.8) is 0 Å². The predicted molar refractivity (Wildman–Crippen MR) is 66.2 cm³/mol. The van der Waals surface area contributed by atoms with E-state index in [1.54, 1.807) is 6.26 Å². The summed E-state index contributed by atoms with van der Waals surface area (Å²) in [6.45, 7) is 2.86. The molecule has 1 aromatic heterocycles. The molecule has 0 bridgehead atoms. The zero-order chi connectivity index (χ0) is 12.6. The Labute approximate surface area is 107 Å². The van der Waals surface area contributed by atoms with Crippen LogP contribution >= 0.6 is 0 Å². The van der Waals surface area contributed by atoms with Gasteiger partial charge >= 0.3 is 0 Å². The standard InChI is InChI=1S/C13H21NO4/c15-11(7-14-8-12-3-1-5-17-12)9-16-10-13-4-2-6-18-13/h1,3,5,11,13-15H,2,4,6-10H2. The van der Waals surface area contributed by atoms with Gasteiger partial charge in [-0.05, 0) is 25.0 Å². The van der Waals surface area contributed by atoms with Crippen LogP contribution in [0.4, 0.5) is 0 Å². The van der Waals surface area contributed by atoms with E-state index in [0.717, 1.165) is 25.2 Å². The van der Waals surface area contributed by atoms with E-state index in [2.05, 4.69) is 5.32 Å². The summed E-state index contributed by atoms with van der Waals surface area (Å²) < 4.78 is 16.0. The van der Waals surface area contributed by atoms with Gasteiger partial charge in [0, 0.05) is 13.2 Å². The van der Waals surface area contributed by atoms with Crippen LogP contribution in [0.2, 0.25) is 0 Å². The van der Waals surface area contributed by atoms with E-state index in [9.17, 15) is 5.11 Å². The fourth-order valence-electron chi connectivity index (χ4n) is 1.95. The van der Waals surface area contributed by atoms with E-state index in [-0.39, 0.29) is 6.10 Å². The van der Waals surface area contributed by atoms with Crippen LogP contribution in [-0.4, -0.2) is 43.7 Å². The van der Waals surface area contributed by atoms with Gasteiger partial charge in [-0.1, -0.05) is 0 Å². The Balaban J connectivity index is 1.48. The van der Waals surface area contributed by atoms with Gasteiger partial charge in [0.15, 0.2) is 0 Å². The highest BCUT2D eigenvalue weighted by molar-refractivity contribution is 4.97. The van der Waals surface area contributed by atoms with Gasteiger partial charge in [0.05, 0.1) is 38.2 Å². The van der Waals surface area contributed by atoms with Crippen LogP contribution in [0.15, 0.2) is 22.8 Å². The molecule has 0 spiro atoms. The van der Waals surface area contributed by atoms with Crippen molar-refractivity contribution in [2.45, 2.75) is 31.6 Å². The van der Waals surface area contributed by atoms with Gasteiger partial charge in [-0.15, -0.1) is 0 Å². The summed E-state index contributed by atoms with van der Waals surface area (Å²) in [6, 6.07) is 3.74. The molecule has 1 aromatic rings. The summed E-state index contributed by atoms with van der Waals surface area (Å²) in [5.41, 5.74) is 0. The van der Waals surface area contributed by atoms with Crippen molar-refractivity contribution < 1.29 is 19.0 Å². The van der Waals surface area contributed by atoms with Gasteiger partial charge in [0.25, 0.3) is 0 Å². The van der Waals surface area contributed by atoms with Gasteiger partial charge in [-0.3, -0.25) is 0 Å². The van der Waals surface area contributed by atoms with E-state index < -0.39 is 6.10 Å². The third-order valence-corrected chi connectivity index (χ3v) is 2.90. The average Bonchev–Trinajstić information content (AvgIpc) is 3.01. The molecule has 5 heteroatoms. The quantitative estimate of drug-likeness (QED) is 0.723.